The topological polar surface area (TPSA) is 63.2 Å². The summed E-state index contributed by atoms with van der Waals surface area (Å²) < 4.78 is 35.6. The summed E-state index contributed by atoms with van der Waals surface area (Å²) in [4.78, 5) is 11.9. The van der Waals surface area contributed by atoms with Gasteiger partial charge in [0.05, 0.1) is 17.4 Å². The van der Waals surface area contributed by atoms with Crippen LogP contribution in [0.5, 0.6) is 0 Å². The van der Waals surface area contributed by atoms with E-state index in [9.17, 15) is 17.6 Å². The van der Waals surface area contributed by atoms with Crippen molar-refractivity contribution in [1.29, 1.82) is 0 Å². The van der Waals surface area contributed by atoms with Crippen molar-refractivity contribution < 1.29 is 17.6 Å². The Labute approximate surface area is 105 Å². The average Bonchev–Trinajstić information content (AvgIpc) is 2.64. The van der Waals surface area contributed by atoms with Crippen molar-refractivity contribution in [2.45, 2.75) is 13.3 Å². The number of sulfone groups is 1. The molecule has 1 heterocycles. The normalized spacial score (nSPS) is 21.8. The fourth-order valence-corrected chi connectivity index (χ4v) is 3.71. The van der Waals surface area contributed by atoms with Crippen LogP contribution in [0.25, 0.3) is 0 Å². The summed E-state index contributed by atoms with van der Waals surface area (Å²) >= 11 is 0. The number of carbonyl (C=O) groups is 1. The Hall–Kier alpha value is -1.43. The molecule has 1 unspecified atom stereocenters. The molecule has 0 aliphatic carbocycles. The molecule has 98 valence electrons. The van der Waals surface area contributed by atoms with Crippen molar-refractivity contribution in [2.24, 2.45) is 5.92 Å². The first-order valence-electron chi connectivity index (χ1n) is 5.65. The van der Waals surface area contributed by atoms with E-state index >= 15 is 0 Å². The van der Waals surface area contributed by atoms with Crippen LogP contribution < -0.4 is 5.32 Å². The fraction of sp³-hybridized carbons (Fsp3) is 0.417. The second-order valence-electron chi connectivity index (χ2n) is 4.55. The molecule has 0 spiro atoms. The molecule has 4 nitrogen and oxygen atoms in total. The van der Waals surface area contributed by atoms with E-state index in [1.165, 1.54) is 12.1 Å². The minimum absolute atomic E-state index is 0.0488. The largest absolute Gasteiger partial charge is 0.325 e. The van der Waals surface area contributed by atoms with Crippen LogP contribution in [-0.2, 0) is 14.6 Å². The third-order valence-electron chi connectivity index (χ3n) is 3.06. The Morgan fingerprint density at radius 3 is 2.78 bits per heavy atom. The molecule has 0 radical (unpaired) electrons. The van der Waals surface area contributed by atoms with Gasteiger partial charge in [-0.25, -0.2) is 12.8 Å². The molecule has 18 heavy (non-hydrogen) atoms. The summed E-state index contributed by atoms with van der Waals surface area (Å²) in [5.74, 6) is -1.39. The first-order chi connectivity index (χ1) is 8.37. The number of amides is 1. The van der Waals surface area contributed by atoms with Crippen LogP contribution >= 0.6 is 0 Å². The van der Waals surface area contributed by atoms with Crippen LogP contribution in [0.15, 0.2) is 18.2 Å². The van der Waals surface area contributed by atoms with Gasteiger partial charge >= 0.3 is 0 Å². The highest BCUT2D eigenvalue weighted by atomic mass is 32.2. The molecule has 1 aromatic carbocycles. The molecule has 2 rings (SSSR count). The molecule has 1 atom stereocenters. The number of rotatable bonds is 2. The maximum atomic E-state index is 13.1. The van der Waals surface area contributed by atoms with Gasteiger partial charge in [0.15, 0.2) is 9.84 Å². The molecule has 0 aromatic heterocycles. The van der Waals surface area contributed by atoms with Gasteiger partial charge in [-0.15, -0.1) is 0 Å². The highest BCUT2D eigenvalue weighted by Gasteiger charge is 2.33. The van der Waals surface area contributed by atoms with Crippen LogP contribution in [0.1, 0.15) is 12.0 Å². The number of hydrogen-bond acceptors (Lipinski definition) is 3. The maximum Gasteiger partial charge on any atom is 0.228 e. The van der Waals surface area contributed by atoms with Crippen molar-refractivity contribution in [2.75, 3.05) is 16.8 Å². The summed E-state index contributed by atoms with van der Waals surface area (Å²) in [6.45, 7) is 1.75. The second-order valence-corrected chi connectivity index (χ2v) is 6.78. The molecule has 1 amide bonds. The Bertz CT molecular complexity index is 583. The van der Waals surface area contributed by atoms with E-state index in [1.54, 1.807) is 13.0 Å². The lowest BCUT2D eigenvalue weighted by molar-refractivity contribution is -0.119. The van der Waals surface area contributed by atoms with E-state index in [-0.39, 0.29) is 17.4 Å². The third kappa shape index (κ3) is 2.87. The molecule has 1 aromatic rings. The number of anilines is 1. The molecule has 1 N–H and O–H groups in total. The quantitative estimate of drug-likeness (QED) is 0.886. The summed E-state index contributed by atoms with van der Waals surface area (Å²) in [5.41, 5.74) is 1.13. The highest BCUT2D eigenvalue weighted by Crippen LogP contribution is 2.22. The Kier molecular flexibility index (Phi) is 3.38. The summed E-state index contributed by atoms with van der Waals surface area (Å²) in [6.07, 6.45) is 0.336. The summed E-state index contributed by atoms with van der Waals surface area (Å²) in [5, 5.41) is 2.59. The lowest BCUT2D eigenvalue weighted by atomic mass is 10.1. The van der Waals surface area contributed by atoms with E-state index in [4.69, 9.17) is 0 Å². The van der Waals surface area contributed by atoms with Crippen LogP contribution in [0.3, 0.4) is 0 Å². The third-order valence-corrected chi connectivity index (χ3v) is 4.83. The Morgan fingerprint density at radius 1 is 1.44 bits per heavy atom. The predicted molar refractivity (Wildman–Crippen MR) is 66.5 cm³/mol. The molecule has 0 bridgehead atoms. The van der Waals surface area contributed by atoms with Crippen molar-refractivity contribution in [1.82, 2.24) is 0 Å². The van der Waals surface area contributed by atoms with Crippen LogP contribution in [0.2, 0.25) is 0 Å². The summed E-state index contributed by atoms with van der Waals surface area (Å²) in [7, 11) is -3.09. The molecular formula is C12H14FNO3S. The zero-order chi connectivity index (χ0) is 13.3. The van der Waals surface area contributed by atoms with E-state index in [1.807, 2.05) is 0 Å². The zero-order valence-electron chi connectivity index (χ0n) is 9.94. The lowest BCUT2D eigenvalue weighted by Crippen LogP contribution is -2.24. The minimum atomic E-state index is -3.09. The number of hydrogen-bond donors (Lipinski definition) is 1. The van der Waals surface area contributed by atoms with E-state index in [2.05, 4.69) is 5.32 Å². The minimum Gasteiger partial charge on any atom is -0.325 e. The van der Waals surface area contributed by atoms with Gasteiger partial charge < -0.3 is 5.32 Å². The van der Waals surface area contributed by atoms with Crippen molar-refractivity contribution in [3.63, 3.8) is 0 Å². The van der Waals surface area contributed by atoms with Gasteiger partial charge in [-0.05, 0) is 31.0 Å². The Morgan fingerprint density at radius 2 is 2.17 bits per heavy atom. The van der Waals surface area contributed by atoms with Crippen LogP contribution in [0.4, 0.5) is 10.1 Å². The first-order valence-corrected chi connectivity index (χ1v) is 7.47. The van der Waals surface area contributed by atoms with Gasteiger partial charge in [-0.2, -0.15) is 0 Å². The molecule has 1 aliphatic heterocycles. The average molecular weight is 271 g/mol. The van der Waals surface area contributed by atoms with E-state index in [0.29, 0.717) is 12.1 Å². The summed E-state index contributed by atoms with van der Waals surface area (Å²) in [6, 6.07) is 4.11. The van der Waals surface area contributed by atoms with Crippen molar-refractivity contribution >= 4 is 21.4 Å². The van der Waals surface area contributed by atoms with Gasteiger partial charge in [0, 0.05) is 5.69 Å². The molecule has 1 saturated heterocycles. The van der Waals surface area contributed by atoms with Gasteiger partial charge in [-0.1, -0.05) is 6.07 Å². The van der Waals surface area contributed by atoms with Crippen LogP contribution in [0, 0.1) is 18.7 Å². The highest BCUT2D eigenvalue weighted by molar-refractivity contribution is 7.91. The van der Waals surface area contributed by atoms with Crippen molar-refractivity contribution in [3.8, 4) is 0 Å². The lowest BCUT2D eigenvalue weighted by Gasteiger charge is -2.11. The van der Waals surface area contributed by atoms with Gasteiger partial charge in [-0.3, -0.25) is 4.79 Å². The molecular weight excluding hydrogens is 257 g/mol. The van der Waals surface area contributed by atoms with E-state index in [0.717, 1.165) is 5.56 Å². The maximum absolute atomic E-state index is 13.1. The number of benzene rings is 1. The molecule has 6 heteroatoms. The standard InChI is InChI=1S/C12H14FNO3S/c1-8-2-3-10(13)6-11(8)14-12(15)9-4-5-18(16,17)7-9/h2-3,6,9H,4-5,7H2,1H3,(H,14,15). The molecule has 0 saturated carbocycles. The smallest absolute Gasteiger partial charge is 0.228 e. The number of nitrogens with one attached hydrogen (secondary N) is 1. The molecule has 1 aliphatic rings. The first kappa shape index (κ1) is 13.0. The van der Waals surface area contributed by atoms with Crippen LogP contribution in [-0.4, -0.2) is 25.8 Å². The number of carbonyl (C=O) groups excluding carboxylic acids is 1. The monoisotopic (exact) mass is 271 g/mol. The van der Waals surface area contributed by atoms with Crippen molar-refractivity contribution in [3.05, 3.63) is 29.6 Å². The predicted octanol–water partition coefficient (Wildman–Crippen LogP) is 1.51. The van der Waals surface area contributed by atoms with Gasteiger partial charge in [0.1, 0.15) is 5.82 Å². The fourth-order valence-electron chi connectivity index (χ4n) is 1.97. The van der Waals surface area contributed by atoms with Gasteiger partial charge in [0.25, 0.3) is 0 Å². The Balaban J connectivity index is 2.10. The van der Waals surface area contributed by atoms with E-state index < -0.39 is 21.6 Å². The number of halogens is 1. The second kappa shape index (κ2) is 4.68. The number of aryl methyl sites for hydroxylation is 1. The molecule has 1 fully saturated rings. The van der Waals surface area contributed by atoms with Gasteiger partial charge in [0.2, 0.25) is 5.91 Å². The SMILES string of the molecule is Cc1ccc(F)cc1NC(=O)C1CCS(=O)(=O)C1. The zero-order valence-corrected chi connectivity index (χ0v) is 10.8.